The molecule has 0 amide bonds. The molecule has 0 aromatic heterocycles. The molecule has 0 radical (unpaired) electrons. The number of carbonyl (C=O) groups is 2. The summed E-state index contributed by atoms with van der Waals surface area (Å²) in [6.07, 6.45) is 15.1. The van der Waals surface area contributed by atoms with Gasteiger partial charge in [-0.3, -0.25) is 14.5 Å². The molecule has 1 aromatic rings. The van der Waals surface area contributed by atoms with Gasteiger partial charge in [0.2, 0.25) is 0 Å². The van der Waals surface area contributed by atoms with Crippen molar-refractivity contribution >= 4 is 30.1 Å². The Hall–Kier alpha value is -1.79. The third kappa shape index (κ3) is 8.79. The van der Waals surface area contributed by atoms with Crippen LogP contribution in [0.1, 0.15) is 165 Å². The second-order valence-electron chi connectivity index (χ2n) is 28.5. The van der Waals surface area contributed by atoms with Crippen LogP contribution in [0.5, 0.6) is 0 Å². The van der Waals surface area contributed by atoms with Gasteiger partial charge in [-0.2, -0.15) is 0 Å². The number of rotatable bonds is 13. The molecule has 1 aliphatic heterocycles. The molecule has 7 saturated carbocycles. The minimum absolute atomic E-state index is 0.100. The van der Waals surface area contributed by atoms with Crippen LogP contribution in [0, 0.1) is 73.9 Å². The molecule has 9 rings (SSSR count). The fourth-order valence-corrected chi connectivity index (χ4v) is 19.7. The van der Waals surface area contributed by atoms with Crippen molar-refractivity contribution in [3.63, 3.8) is 0 Å². The van der Waals surface area contributed by atoms with Gasteiger partial charge in [0.1, 0.15) is 12.7 Å². The largest absolute Gasteiger partial charge is 0.462 e. The van der Waals surface area contributed by atoms with Gasteiger partial charge in [0, 0.05) is 36.6 Å². The van der Waals surface area contributed by atoms with E-state index in [-0.39, 0.29) is 86.3 Å². The first-order valence-corrected chi connectivity index (χ1v) is 32.5. The Kier molecular flexibility index (Phi) is 13.3. The minimum atomic E-state index is -2.99. The van der Waals surface area contributed by atoms with Crippen molar-refractivity contribution in [2.24, 2.45) is 73.9 Å². The highest BCUT2D eigenvalue weighted by Gasteiger charge is 2.73. The van der Waals surface area contributed by atoms with Crippen LogP contribution in [0.15, 0.2) is 30.3 Å². The van der Waals surface area contributed by atoms with Gasteiger partial charge in [-0.1, -0.05) is 106 Å². The average molecular weight is 992 g/mol. The number of hydrogen-bond donors (Lipinski definition) is 1. The summed E-state index contributed by atoms with van der Waals surface area (Å²) in [6.45, 7) is 34.3. The summed E-state index contributed by atoms with van der Waals surface area (Å²) in [5, 5.41) is 4.57. The number of carbonyl (C=O) groups excluding carboxylic acids is 2. The summed E-state index contributed by atoms with van der Waals surface area (Å²) in [4.78, 5) is 29.9. The zero-order valence-electron chi connectivity index (χ0n) is 45.4. The molecular formula is C58H94N2O7SSi. The van der Waals surface area contributed by atoms with Gasteiger partial charge in [-0.05, 0) is 164 Å². The molecule has 388 valence electrons. The number of hydrogen-bond acceptors (Lipinski definition) is 9. The van der Waals surface area contributed by atoms with E-state index in [0.29, 0.717) is 55.2 Å². The van der Waals surface area contributed by atoms with Crippen molar-refractivity contribution in [2.75, 3.05) is 37.7 Å². The first kappa shape index (κ1) is 52.1. The Balaban J connectivity index is 0.900. The summed E-state index contributed by atoms with van der Waals surface area (Å²) in [7, 11) is -5.01. The average Bonchev–Trinajstić information content (AvgIpc) is 3.89. The van der Waals surface area contributed by atoms with E-state index in [4.69, 9.17) is 13.9 Å². The zero-order valence-corrected chi connectivity index (χ0v) is 47.3. The molecule has 9 nitrogen and oxygen atoms in total. The first-order chi connectivity index (χ1) is 32.0. The van der Waals surface area contributed by atoms with Crippen LogP contribution >= 0.6 is 0 Å². The predicted octanol–water partition coefficient (Wildman–Crippen LogP) is 11.6. The van der Waals surface area contributed by atoms with Crippen molar-refractivity contribution in [1.29, 1.82) is 0 Å². The summed E-state index contributed by atoms with van der Waals surface area (Å²) in [5.74, 6) is 2.66. The lowest BCUT2D eigenvalue weighted by Gasteiger charge is -2.73. The molecule has 7 aliphatic carbocycles. The van der Waals surface area contributed by atoms with E-state index in [1.165, 1.54) is 64.2 Å². The smallest absolute Gasteiger partial charge is 0.309 e. The zero-order chi connectivity index (χ0) is 50.0. The standard InChI is InChI=1S/C58H94N2O7SSi/c1-51(2,3)69(12,13)66-38-40(60-31-33-68(63,64)34-32-60)36-59-58-26-21-41(54(8)27-28-54)48(58)42-19-20-46-55(9)24-23-47(53(6,7)45(55)22-25-57(46,11)56(42,10)29-30-58)67-50(62)44-35-43(52(44,4)5)49(61)65-37-39-17-15-14-16-18-39/h14-18,40-48,59H,19-38H2,1-13H3/t40-,41-,42-,43+,44-,45+,46-,47+,48-,55+,56-,57-,58+/m1/s1. The number of sulfone groups is 1. The molecule has 8 fully saturated rings. The lowest BCUT2D eigenvalue weighted by Crippen LogP contribution is -2.69. The third-order valence-electron chi connectivity index (χ3n) is 23.7. The fraction of sp³-hybridized carbons (Fsp3) is 0.862. The van der Waals surface area contributed by atoms with Crippen molar-refractivity contribution in [1.82, 2.24) is 10.2 Å². The monoisotopic (exact) mass is 991 g/mol. The lowest BCUT2D eigenvalue weighted by atomic mass is 9.32. The molecule has 69 heavy (non-hydrogen) atoms. The van der Waals surface area contributed by atoms with Crippen LogP contribution in [0.2, 0.25) is 18.1 Å². The number of fused-ring (bicyclic) bond motifs is 7. The van der Waals surface area contributed by atoms with Gasteiger partial charge in [0.15, 0.2) is 18.2 Å². The maximum atomic E-state index is 14.2. The highest BCUT2D eigenvalue weighted by atomic mass is 32.2. The van der Waals surface area contributed by atoms with Crippen LogP contribution in [0.25, 0.3) is 0 Å². The van der Waals surface area contributed by atoms with E-state index in [1.54, 1.807) is 0 Å². The van der Waals surface area contributed by atoms with Gasteiger partial charge in [-0.25, -0.2) is 8.42 Å². The maximum Gasteiger partial charge on any atom is 0.309 e. The molecule has 1 N–H and O–H groups in total. The van der Waals surface area contributed by atoms with E-state index in [0.717, 1.165) is 30.9 Å². The molecule has 0 spiro atoms. The number of ether oxygens (including phenoxy) is 2. The van der Waals surface area contributed by atoms with Gasteiger partial charge in [0.05, 0.1) is 29.9 Å². The van der Waals surface area contributed by atoms with Crippen molar-refractivity contribution in [2.45, 2.75) is 202 Å². The van der Waals surface area contributed by atoms with E-state index in [9.17, 15) is 18.0 Å². The normalized spacial score (nSPS) is 41.2. The van der Waals surface area contributed by atoms with Crippen LogP contribution < -0.4 is 5.32 Å². The number of nitrogens with zero attached hydrogens (tertiary/aromatic N) is 1. The van der Waals surface area contributed by atoms with Gasteiger partial charge in [0.25, 0.3) is 0 Å². The van der Waals surface area contributed by atoms with Gasteiger partial charge >= 0.3 is 11.9 Å². The van der Waals surface area contributed by atoms with Crippen molar-refractivity contribution < 1.29 is 31.9 Å². The van der Waals surface area contributed by atoms with Gasteiger partial charge < -0.3 is 19.2 Å². The number of benzene rings is 1. The lowest BCUT2D eigenvalue weighted by molar-refractivity contribution is -0.250. The highest BCUT2D eigenvalue weighted by molar-refractivity contribution is 7.91. The van der Waals surface area contributed by atoms with E-state index < -0.39 is 23.6 Å². The topological polar surface area (TPSA) is 111 Å². The van der Waals surface area contributed by atoms with Gasteiger partial charge in [-0.15, -0.1) is 0 Å². The van der Waals surface area contributed by atoms with Crippen molar-refractivity contribution in [3.05, 3.63) is 35.9 Å². The Morgan fingerprint density at radius 3 is 2.06 bits per heavy atom. The second kappa shape index (κ2) is 17.7. The quantitative estimate of drug-likeness (QED) is 0.153. The van der Waals surface area contributed by atoms with Crippen LogP contribution in [-0.4, -0.2) is 89.0 Å². The minimum Gasteiger partial charge on any atom is -0.462 e. The van der Waals surface area contributed by atoms with E-state index >= 15 is 0 Å². The van der Waals surface area contributed by atoms with Crippen LogP contribution in [0.3, 0.4) is 0 Å². The molecule has 0 unspecified atom stereocenters. The third-order valence-corrected chi connectivity index (χ3v) is 29.8. The highest BCUT2D eigenvalue weighted by Crippen LogP contribution is 2.78. The van der Waals surface area contributed by atoms with Crippen molar-refractivity contribution in [3.8, 4) is 0 Å². The molecule has 13 atom stereocenters. The summed E-state index contributed by atoms with van der Waals surface area (Å²) in [6, 6.07) is 9.95. The molecule has 8 aliphatic rings. The Bertz CT molecular complexity index is 2190. The fourth-order valence-electron chi connectivity index (χ4n) is 17.4. The molecular weight excluding hydrogens is 897 g/mol. The first-order valence-electron chi connectivity index (χ1n) is 27.8. The second-order valence-corrected chi connectivity index (χ2v) is 35.6. The molecule has 1 heterocycles. The summed E-state index contributed by atoms with van der Waals surface area (Å²) in [5.41, 5.74) is 1.47. The summed E-state index contributed by atoms with van der Waals surface area (Å²) < 4.78 is 44.7. The molecule has 0 bridgehead atoms. The number of esters is 2. The SMILES string of the molecule is CC1([C@@H]2CC[C@]3(NC[C@H](CO[Si](C)(C)C(C)(C)C)N4CCS(=O)(=O)CC4)CC[C@]4(C)[C@H](CC[C@@H]5[C@@]6(C)CC[C@H](OC(=O)[C@H]7C[C@@H](C(=O)OCc8ccccc8)C7(C)C)C(C)(C)[C@@H]6CC[C@]54C)[C@@H]23)CC1. The molecule has 11 heteroatoms. The Morgan fingerprint density at radius 1 is 0.754 bits per heavy atom. The van der Waals surface area contributed by atoms with E-state index in [1.807, 2.05) is 44.2 Å². The van der Waals surface area contributed by atoms with Crippen LogP contribution in [-0.2, 0) is 39.9 Å². The summed E-state index contributed by atoms with van der Waals surface area (Å²) >= 11 is 0. The molecule has 1 saturated heterocycles. The number of nitrogens with one attached hydrogen (secondary N) is 1. The van der Waals surface area contributed by atoms with Crippen LogP contribution in [0.4, 0.5) is 0 Å². The molecule has 1 aromatic carbocycles. The Morgan fingerprint density at radius 2 is 1.42 bits per heavy atom. The predicted molar refractivity (Wildman–Crippen MR) is 278 cm³/mol. The maximum absolute atomic E-state index is 14.2. The Labute approximate surface area is 419 Å². The van der Waals surface area contributed by atoms with E-state index in [2.05, 4.69) is 85.6 Å².